The molecule has 0 saturated carbocycles. The summed E-state index contributed by atoms with van der Waals surface area (Å²) in [4.78, 5) is 23.0. The molecule has 0 heterocycles. The summed E-state index contributed by atoms with van der Waals surface area (Å²) >= 11 is 0. The van der Waals surface area contributed by atoms with Gasteiger partial charge in [0.2, 0.25) is 0 Å². The highest BCUT2D eigenvalue weighted by Gasteiger charge is 2.22. The molecule has 0 spiro atoms. The quantitative estimate of drug-likeness (QED) is 0.759. The highest BCUT2D eigenvalue weighted by atomic mass is 16.4. The monoisotopic (exact) mass is 265 g/mol. The molecule has 1 aromatic rings. The molecule has 0 fully saturated rings. The molecule has 0 saturated heterocycles. The first kappa shape index (κ1) is 15.0. The molecule has 0 bridgehead atoms. The van der Waals surface area contributed by atoms with Gasteiger partial charge < -0.3 is 15.5 Å². The smallest absolute Gasteiger partial charge is 0.326 e. The number of carboxylic acids is 1. The Kier molecular flexibility index (Phi) is 4.92. The molecule has 104 valence electrons. The molecule has 0 aliphatic carbocycles. The normalized spacial score (nSPS) is 12.2. The molecule has 0 radical (unpaired) electrons. The number of phenolic OH excluding ortho intramolecular Hbond substituents is 1. The highest BCUT2D eigenvalue weighted by molar-refractivity contribution is 5.98. The second-order valence-electron chi connectivity index (χ2n) is 5.01. The van der Waals surface area contributed by atoms with Gasteiger partial charge in [0, 0.05) is 0 Å². The molecule has 1 atom stereocenters. The third-order valence-electron chi connectivity index (χ3n) is 2.71. The summed E-state index contributed by atoms with van der Waals surface area (Å²) in [7, 11) is 0. The lowest BCUT2D eigenvalue weighted by Crippen LogP contribution is -2.41. The minimum Gasteiger partial charge on any atom is -0.507 e. The Bertz CT molecular complexity index is 482. The standard InChI is InChI=1S/C14H19NO4/c1-8(2)6-11(14(18)19)15-13(17)10-5-4-9(3)7-12(10)16/h4-5,7-8,11,16H,6H2,1-3H3,(H,15,17)(H,18,19). The maximum atomic E-state index is 11.9. The van der Waals surface area contributed by atoms with Crippen LogP contribution in [0.4, 0.5) is 0 Å². The summed E-state index contributed by atoms with van der Waals surface area (Å²) < 4.78 is 0. The Labute approximate surface area is 112 Å². The molecule has 0 aliphatic rings. The van der Waals surface area contributed by atoms with Crippen LogP contribution in [0.5, 0.6) is 5.75 Å². The number of benzene rings is 1. The molecular weight excluding hydrogens is 246 g/mol. The van der Waals surface area contributed by atoms with E-state index >= 15 is 0 Å². The predicted octanol–water partition coefficient (Wildman–Crippen LogP) is 1.93. The molecule has 3 N–H and O–H groups in total. The number of carbonyl (C=O) groups excluding carboxylic acids is 1. The number of hydrogen-bond acceptors (Lipinski definition) is 3. The van der Waals surface area contributed by atoms with E-state index in [4.69, 9.17) is 5.11 Å². The van der Waals surface area contributed by atoms with Crippen molar-refractivity contribution in [1.82, 2.24) is 5.32 Å². The molecule has 1 amide bonds. The maximum Gasteiger partial charge on any atom is 0.326 e. The van der Waals surface area contributed by atoms with Gasteiger partial charge in [-0.2, -0.15) is 0 Å². The van der Waals surface area contributed by atoms with E-state index in [1.54, 1.807) is 13.0 Å². The number of nitrogens with one attached hydrogen (secondary N) is 1. The summed E-state index contributed by atoms with van der Waals surface area (Å²) in [5.74, 6) is -1.65. The molecule has 0 aliphatic heterocycles. The summed E-state index contributed by atoms with van der Waals surface area (Å²) in [5.41, 5.74) is 0.909. The van der Waals surface area contributed by atoms with Gasteiger partial charge in [-0.05, 0) is 37.0 Å². The summed E-state index contributed by atoms with van der Waals surface area (Å²) in [5, 5.41) is 21.2. The highest BCUT2D eigenvalue weighted by Crippen LogP contribution is 2.18. The summed E-state index contributed by atoms with van der Waals surface area (Å²) in [6.45, 7) is 5.55. The second kappa shape index (κ2) is 6.22. The summed E-state index contributed by atoms with van der Waals surface area (Å²) in [6, 6.07) is 3.68. The van der Waals surface area contributed by atoms with Crippen LogP contribution in [-0.2, 0) is 4.79 Å². The van der Waals surface area contributed by atoms with Crippen molar-refractivity contribution in [1.29, 1.82) is 0 Å². The van der Waals surface area contributed by atoms with Gasteiger partial charge in [-0.25, -0.2) is 4.79 Å². The number of hydrogen-bond donors (Lipinski definition) is 3. The third kappa shape index (κ3) is 4.28. The van der Waals surface area contributed by atoms with Crippen molar-refractivity contribution in [3.05, 3.63) is 29.3 Å². The zero-order chi connectivity index (χ0) is 14.6. The van der Waals surface area contributed by atoms with Gasteiger partial charge in [-0.1, -0.05) is 19.9 Å². The average molecular weight is 265 g/mol. The molecule has 0 aromatic heterocycles. The second-order valence-corrected chi connectivity index (χ2v) is 5.01. The zero-order valence-electron chi connectivity index (χ0n) is 11.3. The Morgan fingerprint density at radius 2 is 1.95 bits per heavy atom. The number of amides is 1. The predicted molar refractivity (Wildman–Crippen MR) is 71.2 cm³/mol. The molecule has 5 nitrogen and oxygen atoms in total. The van der Waals surface area contributed by atoms with E-state index < -0.39 is 17.9 Å². The zero-order valence-corrected chi connectivity index (χ0v) is 11.3. The van der Waals surface area contributed by atoms with Crippen LogP contribution in [0.3, 0.4) is 0 Å². The molecular formula is C14H19NO4. The van der Waals surface area contributed by atoms with Crippen LogP contribution in [0.15, 0.2) is 18.2 Å². The molecule has 5 heteroatoms. The lowest BCUT2D eigenvalue weighted by Gasteiger charge is -2.16. The van der Waals surface area contributed by atoms with E-state index in [9.17, 15) is 14.7 Å². The van der Waals surface area contributed by atoms with Crippen LogP contribution in [0.25, 0.3) is 0 Å². The topological polar surface area (TPSA) is 86.6 Å². The van der Waals surface area contributed by atoms with Gasteiger partial charge in [-0.3, -0.25) is 4.79 Å². The first-order valence-electron chi connectivity index (χ1n) is 6.14. The van der Waals surface area contributed by atoms with Crippen molar-refractivity contribution in [2.24, 2.45) is 5.92 Å². The molecule has 1 aromatic carbocycles. The molecule has 1 rings (SSSR count). The Balaban J connectivity index is 2.84. The van der Waals surface area contributed by atoms with Crippen molar-refractivity contribution in [2.75, 3.05) is 0 Å². The first-order valence-corrected chi connectivity index (χ1v) is 6.14. The van der Waals surface area contributed by atoms with E-state index in [2.05, 4.69) is 5.32 Å². The lowest BCUT2D eigenvalue weighted by atomic mass is 10.0. The maximum absolute atomic E-state index is 11.9. The van der Waals surface area contributed by atoms with Gasteiger partial charge >= 0.3 is 5.97 Å². The van der Waals surface area contributed by atoms with Crippen molar-refractivity contribution in [2.45, 2.75) is 33.2 Å². The summed E-state index contributed by atoms with van der Waals surface area (Å²) in [6.07, 6.45) is 0.341. The number of aromatic hydroxyl groups is 1. The SMILES string of the molecule is Cc1ccc(C(=O)NC(CC(C)C)C(=O)O)c(O)c1. The Hall–Kier alpha value is -2.04. The van der Waals surface area contributed by atoms with Gasteiger partial charge in [0.15, 0.2) is 0 Å². The number of carboxylic acid groups (broad SMARTS) is 1. The number of aliphatic carboxylic acids is 1. The van der Waals surface area contributed by atoms with Crippen LogP contribution < -0.4 is 5.32 Å². The lowest BCUT2D eigenvalue weighted by molar-refractivity contribution is -0.139. The van der Waals surface area contributed by atoms with E-state index in [0.29, 0.717) is 6.42 Å². The van der Waals surface area contributed by atoms with Crippen LogP contribution in [0, 0.1) is 12.8 Å². The number of aryl methyl sites for hydroxylation is 1. The van der Waals surface area contributed by atoms with Gasteiger partial charge in [-0.15, -0.1) is 0 Å². The van der Waals surface area contributed by atoms with Crippen LogP contribution in [0.1, 0.15) is 36.2 Å². The Morgan fingerprint density at radius 3 is 2.42 bits per heavy atom. The number of carbonyl (C=O) groups is 2. The largest absolute Gasteiger partial charge is 0.507 e. The van der Waals surface area contributed by atoms with Crippen LogP contribution in [0.2, 0.25) is 0 Å². The van der Waals surface area contributed by atoms with Crippen LogP contribution >= 0.6 is 0 Å². The first-order chi connectivity index (χ1) is 8.81. The fraction of sp³-hybridized carbons (Fsp3) is 0.429. The van der Waals surface area contributed by atoms with E-state index in [1.165, 1.54) is 12.1 Å². The van der Waals surface area contributed by atoms with Gasteiger partial charge in [0.1, 0.15) is 11.8 Å². The fourth-order valence-electron chi connectivity index (χ4n) is 1.76. The molecule has 19 heavy (non-hydrogen) atoms. The number of rotatable bonds is 5. The van der Waals surface area contributed by atoms with Crippen molar-refractivity contribution >= 4 is 11.9 Å². The van der Waals surface area contributed by atoms with Gasteiger partial charge in [0.05, 0.1) is 5.56 Å². The van der Waals surface area contributed by atoms with E-state index in [-0.39, 0.29) is 17.2 Å². The minimum atomic E-state index is -1.08. The van der Waals surface area contributed by atoms with E-state index in [0.717, 1.165) is 5.56 Å². The van der Waals surface area contributed by atoms with Crippen molar-refractivity contribution in [3.63, 3.8) is 0 Å². The van der Waals surface area contributed by atoms with Gasteiger partial charge in [0.25, 0.3) is 5.91 Å². The fourth-order valence-corrected chi connectivity index (χ4v) is 1.76. The van der Waals surface area contributed by atoms with E-state index in [1.807, 2.05) is 13.8 Å². The third-order valence-corrected chi connectivity index (χ3v) is 2.71. The number of phenols is 1. The molecule has 1 unspecified atom stereocenters. The average Bonchev–Trinajstić information content (AvgIpc) is 2.26. The minimum absolute atomic E-state index is 0.0839. The van der Waals surface area contributed by atoms with Crippen molar-refractivity contribution < 1.29 is 19.8 Å². The van der Waals surface area contributed by atoms with Crippen molar-refractivity contribution in [3.8, 4) is 5.75 Å². The Morgan fingerprint density at radius 1 is 1.32 bits per heavy atom. The van der Waals surface area contributed by atoms with Crippen LogP contribution in [-0.4, -0.2) is 28.1 Å².